The molecule has 0 saturated carbocycles. The molecule has 1 atom stereocenters. The van der Waals surface area contributed by atoms with Gasteiger partial charge in [0.05, 0.1) is 18.8 Å². The van der Waals surface area contributed by atoms with Crippen LogP contribution in [0.3, 0.4) is 0 Å². The average Bonchev–Trinajstić information content (AvgIpc) is 2.77. The maximum Gasteiger partial charge on any atom is 0.193 e. The number of nitrogens with one attached hydrogen (secondary N) is 1. The van der Waals surface area contributed by atoms with Gasteiger partial charge in [0.2, 0.25) is 0 Å². The highest BCUT2D eigenvalue weighted by Gasteiger charge is 2.24. The molecule has 3 aliphatic rings. The number of piperidine rings is 2. The monoisotopic (exact) mass is 522 g/mol. The predicted octanol–water partition coefficient (Wildman–Crippen LogP) is 3.35. The molecule has 0 amide bonds. The smallest absolute Gasteiger partial charge is 0.193 e. The summed E-state index contributed by atoms with van der Waals surface area (Å²) < 4.78 is 11.9. The minimum atomic E-state index is 0. The molecule has 6 nitrogen and oxygen atoms in total. The van der Waals surface area contributed by atoms with Crippen LogP contribution in [-0.4, -0.2) is 87.5 Å². The minimum absolute atomic E-state index is 0. The van der Waals surface area contributed by atoms with Gasteiger partial charge in [-0.25, -0.2) is 0 Å². The first-order valence-electron chi connectivity index (χ1n) is 11.7. The maximum absolute atomic E-state index is 6.15. The van der Waals surface area contributed by atoms with Crippen molar-refractivity contribution < 1.29 is 9.47 Å². The molecule has 3 heterocycles. The molecule has 3 saturated heterocycles. The number of guanidine groups is 1. The van der Waals surface area contributed by atoms with E-state index in [2.05, 4.69) is 27.0 Å². The fraction of sp³-hybridized carbons (Fsp3) is 0.955. The van der Waals surface area contributed by atoms with Crippen LogP contribution in [0.1, 0.15) is 58.3 Å². The van der Waals surface area contributed by atoms with E-state index < -0.39 is 0 Å². The van der Waals surface area contributed by atoms with E-state index in [1.807, 2.05) is 7.05 Å². The number of nitrogens with zero attached hydrogens (tertiary/aromatic N) is 3. The first-order chi connectivity index (χ1) is 13.8. The maximum atomic E-state index is 6.15. The van der Waals surface area contributed by atoms with Gasteiger partial charge in [0.1, 0.15) is 0 Å². The van der Waals surface area contributed by atoms with E-state index in [4.69, 9.17) is 9.47 Å². The summed E-state index contributed by atoms with van der Waals surface area (Å²) in [6.07, 6.45) is 10.5. The van der Waals surface area contributed by atoms with Gasteiger partial charge in [-0.3, -0.25) is 4.99 Å². The Kier molecular flexibility index (Phi) is 12.2. The third kappa shape index (κ3) is 8.50. The van der Waals surface area contributed by atoms with Crippen molar-refractivity contribution in [2.45, 2.75) is 70.5 Å². The molecule has 3 fully saturated rings. The van der Waals surface area contributed by atoms with Crippen molar-refractivity contribution in [1.29, 1.82) is 0 Å². The Bertz CT molecular complexity index is 458. The highest BCUT2D eigenvalue weighted by atomic mass is 127. The zero-order chi connectivity index (χ0) is 19.6. The third-order valence-electron chi connectivity index (χ3n) is 6.74. The number of hydrogen-bond acceptors (Lipinski definition) is 4. The standard InChI is InChI=1S/C22H42N4O2.HI/c1-3-25-13-8-19(9-14-25)7-12-24-22(23-2)26-15-10-20(11-16-26)28-18-21-6-4-5-17-27-21;/h19-21H,3-18H2,1-2H3,(H,23,24);1H. The molecule has 0 aliphatic carbocycles. The van der Waals surface area contributed by atoms with Gasteiger partial charge < -0.3 is 24.6 Å². The van der Waals surface area contributed by atoms with Crippen LogP contribution in [0.5, 0.6) is 0 Å². The number of ether oxygens (including phenoxy) is 2. The first kappa shape index (κ1) is 25.1. The SMILES string of the molecule is CCN1CCC(CCNC(=NC)N2CCC(OCC3CCCCO3)CC2)CC1.I. The van der Waals surface area contributed by atoms with Gasteiger partial charge in [-0.2, -0.15) is 0 Å². The molecule has 170 valence electrons. The molecule has 3 rings (SSSR count). The second-order valence-electron chi connectivity index (χ2n) is 8.65. The molecule has 1 N–H and O–H groups in total. The van der Waals surface area contributed by atoms with Crippen molar-refractivity contribution >= 4 is 29.9 Å². The third-order valence-corrected chi connectivity index (χ3v) is 6.74. The van der Waals surface area contributed by atoms with E-state index in [-0.39, 0.29) is 24.0 Å². The fourth-order valence-electron chi connectivity index (χ4n) is 4.73. The Hall–Kier alpha value is -0.120. The summed E-state index contributed by atoms with van der Waals surface area (Å²) in [4.78, 5) is 9.49. The summed E-state index contributed by atoms with van der Waals surface area (Å²) in [5.41, 5.74) is 0. The molecule has 0 aromatic carbocycles. The largest absolute Gasteiger partial charge is 0.376 e. The Morgan fingerprint density at radius 3 is 2.45 bits per heavy atom. The van der Waals surface area contributed by atoms with Gasteiger partial charge in [0.15, 0.2) is 5.96 Å². The Balaban J connectivity index is 0.00000300. The molecule has 3 aliphatic heterocycles. The van der Waals surface area contributed by atoms with E-state index in [0.29, 0.717) is 12.2 Å². The topological polar surface area (TPSA) is 49.3 Å². The van der Waals surface area contributed by atoms with Crippen molar-refractivity contribution in [2.75, 3.05) is 59.5 Å². The van der Waals surface area contributed by atoms with Crippen molar-refractivity contribution in [3.8, 4) is 0 Å². The van der Waals surface area contributed by atoms with Crippen molar-refractivity contribution in [3.05, 3.63) is 0 Å². The summed E-state index contributed by atoms with van der Waals surface area (Å²) in [5, 5.41) is 3.61. The van der Waals surface area contributed by atoms with Gasteiger partial charge in [-0.05, 0) is 76.9 Å². The normalized spacial score (nSPS) is 25.7. The zero-order valence-corrected chi connectivity index (χ0v) is 20.9. The van der Waals surface area contributed by atoms with E-state index >= 15 is 0 Å². The van der Waals surface area contributed by atoms with Crippen LogP contribution >= 0.6 is 24.0 Å². The highest BCUT2D eigenvalue weighted by Crippen LogP contribution is 2.20. The van der Waals surface area contributed by atoms with Crippen LogP contribution < -0.4 is 5.32 Å². The van der Waals surface area contributed by atoms with Gasteiger partial charge in [0.25, 0.3) is 0 Å². The molecule has 0 aromatic heterocycles. The second kappa shape index (κ2) is 14.0. The highest BCUT2D eigenvalue weighted by molar-refractivity contribution is 14.0. The lowest BCUT2D eigenvalue weighted by Crippen LogP contribution is -2.47. The van der Waals surface area contributed by atoms with Gasteiger partial charge in [-0.1, -0.05) is 6.92 Å². The first-order valence-corrected chi connectivity index (χ1v) is 11.7. The molecule has 0 radical (unpaired) electrons. The van der Waals surface area contributed by atoms with Crippen LogP contribution in [0.25, 0.3) is 0 Å². The molecule has 0 spiro atoms. The van der Waals surface area contributed by atoms with Crippen LogP contribution in [0, 0.1) is 5.92 Å². The Morgan fingerprint density at radius 2 is 1.83 bits per heavy atom. The molecule has 29 heavy (non-hydrogen) atoms. The second-order valence-corrected chi connectivity index (χ2v) is 8.65. The van der Waals surface area contributed by atoms with Crippen molar-refractivity contribution in [1.82, 2.24) is 15.1 Å². The van der Waals surface area contributed by atoms with Crippen molar-refractivity contribution in [3.63, 3.8) is 0 Å². The van der Waals surface area contributed by atoms with Crippen LogP contribution in [-0.2, 0) is 9.47 Å². The Labute approximate surface area is 195 Å². The summed E-state index contributed by atoms with van der Waals surface area (Å²) in [6.45, 7) is 10.8. The number of likely N-dealkylation sites (tertiary alicyclic amines) is 2. The molecule has 1 unspecified atom stereocenters. The average molecular weight is 523 g/mol. The summed E-state index contributed by atoms with van der Waals surface area (Å²) >= 11 is 0. The molecule has 7 heteroatoms. The fourth-order valence-corrected chi connectivity index (χ4v) is 4.73. The molecular formula is C22H43IN4O2. The molecule has 0 aromatic rings. The van der Waals surface area contributed by atoms with Crippen LogP contribution in [0.15, 0.2) is 4.99 Å². The molecular weight excluding hydrogens is 479 g/mol. The number of rotatable bonds is 7. The van der Waals surface area contributed by atoms with Gasteiger partial charge in [-0.15, -0.1) is 24.0 Å². The number of hydrogen-bond donors (Lipinski definition) is 1. The van der Waals surface area contributed by atoms with Gasteiger partial charge in [0, 0.05) is 33.3 Å². The minimum Gasteiger partial charge on any atom is -0.376 e. The lowest BCUT2D eigenvalue weighted by molar-refractivity contribution is -0.0721. The number of halogens is 1. The lowest BCUT2D eigenvalue weighted by atomic mass is 9.93. The van der Waals surface area contributed by atoms with Crippen LogP contribution in [0.4, 0.5) is 0 Å². The summed E-state index contributed by atoms with van der Waals surface area (Å²) in [6, 6.07) is 0. The zero-order valence-electron chi connectivity index (χ0n) is 18.6. The summed E-state index contributed by atoms with van der Waals surface area (Å²) in [5.74, 6) is 1.94. The van der Waals surface area contributed by atoms with Crippen molar-refractivity contribution in [2.24, 2.45) is 10.9 Å². The van der Waals surface area contributed by atoms with E-state index in [1.54, 1.807) is 0 Å². The van der Waals surface area contributed by atoms with E-state index in [1.165, 1.54) is 51.7 Å². The Morgan fingerprint density at radius 1 is 1.07 bits per heavy atom. The van der Waals surface area contributed by atoms with Crippen LogP contribution in [0.2, 0.25) is 0 Å². The summed E-state index contributed by atoms with van der Waals surface area (Å²) in [7, 11) is 1.91. The lowest BCUT2D eigenvalue weighted by Gasteiger charge is -2.35. The van der Waals surface area contributed by atoms with Gasteiger partial charge >= 0.3 is 0 Å². The predicted molar refractivity (Wildman–Crippen MR) is 130 cm³/mol. The quantitative estimate of drug-likeness (QED) is 0.316. The van der Waals surface area contributed by atoms with E-state index in [0.717, 1.165) is 64.0 Å². The number of aliphatic imine (C=N–C) groups is 1. The molecule has 0 bridgehead atoms. The van der Waals surface area contributed by atoms with E-state index in [9.17, 15) is 0 Å².